The van der Waals surface area contributed by atoms with Gasteiger partial charge in [-0.3, -0.25) is 0 Å². The maximum absolute atomic E-state index is 3.87. The first-order valence-electron chi connectivity index (χ1n) is 3.34. The van der Waals surface area contributed by atoms with Crippen LogP contribution in [0.25, 0.3) is 0 Å². The van der Waals surface area contributed by atoms with Crippen molar-refractivity contribution >= 4 is 0 Å². The van der Waals surface area contributed by atoms with Crippen molar-refractivity contribution in [1.82, 2.24) is 0 Å². The Morgan fingerprint density at radius 2 is 2.25 bits per heavy atom. The Bertz CT molecular complexity index is 103. The summed E-state index contributed by atoms with van der Waals surface area (Å²) in [7, 11) is 0. The van der Waals surface area contributed by atoms with Crippen LogP contribution in [0, 0.1) is 11.8 Å². The second-order valence-corrected chi connectivity index (χ2v) is 3.13. The zero-order chi connectivity index (χ0) is 6.15. The van der Waals surface area contributed by atoms with E-state index in [0.29, 0.717) is 0 Å². The van der Waals surface area contributed by atoms with Crippen molar-refractivity contribution in [2.24, 2.45) is 11.8 Å². The van der Waals surface area contributed by atoms with Gasteiger partial charge in [-0.05, 0) is 31.6 Å². The second-order valence-electron chi connectivity index (χ2n) is 3.13. The van der Waals surface area contributed by atoms with Crippen molar-refractivity contribution in [2.75, 3.05) is 0 Å². The summed E-state index contributed by atoms with van der Waals surface area (Å²) in [5.74, 6) is 1.99. The van der Waals surface area contributed by atoms with Crippen molar-refractivity contribution in [2.45, 2.75) is 26.7 Å². The molecule has 0 saturated heterocycles. The molecule has 0 radical (unpaired) electrons. The minimum Gasteiger partial charge on any atom is -0.100 e. The van der Waals surface area contributed by atoms with Gasteiger partial charge in [-0.25, -0.2) is 0 Å². The monoisotopic (exact) mass is 110 g/mol. The Hall–Kier alpha value is -0.260. The standard InChI is InChI=1S/C8H14/c1-6(2)4-8-5-7(8)3/h7-8H,1,4-5H2,2-3H3. The molecular weight excluding hydrogens is 96.1 g/mol. The summed E-state index contributed by atoms with van der Waals surface area (Å²) in [4.78, 5) is 0. The van der Waals surface area contributed by atoms with Crippen LogP contribution in [-0.2, 0) is 0 Å². The third-order valence-electron chi connectivity index (χ3n) is 1.89. The maximum Gasteiger partial charge on any atom is -0.0295 e. The quantitative estimate of drug-likeness (QED) is 0.479. The lowest BCUT2D eigenvalue weighted by Gasteiger charge is -1.92. The van der Waals surface area contributed by atoms with Crippen LogP contribution in [0.3, 0.4) is 0 Å². The summed E-state index contributed by atoms with van der Waals surface area (Å²) in [6.45, 7) is 8.30. The maximum atomic E-state index is 3.87. The minimum atomic E-state index is 0.992. The van der Waals surface area contributed by atoms with E-state index in [4.69, 9.17) is 0 Å². The Morgan fingerprint density at radius 3 is 2.38 bits per heavy atom. The van der Waals surface area contributed by atoms with E-state index in [1.54, 1.807) is 0 Å². The van der Waals surface area contributed by atoms with Gasteiger partial charge in [0, 0.05) is 0 Å². The highest BCUT2D eigenvalue weighted by molar-refractivity contribution is 4.97. The third-order valence-corrected chi connectivity index (χ3v) is 1.89. The SMILES string of the molecule is C=C(C)CC1CC1C. The Labute approximate surface area is 51.6 Å². The first-order chi connectivity index (χ1) is 3.70. The molecule has 0 aromatic rings. The molecule has 1 aliphatic rings. The molecule has 0 heteroatoms. The van der Waals surface area contributed by atoms with E-state index < -0.39 is 0 Å². The molecule has 0 heterocycles. The molecule has 2 unspecified atom stereocenters. The largest absolute Gasteiger partial charge is 0.100 e. The summed E-state index contributed by atoms with van der Waals surface area (Å²) >= 11 is 0. The van der Waals surface area contributed by atoms with E-state index in [1.165, 1.54) is 18.4 Å². The van der Waals surface area contributed by atoms with Crippen molar-refractivity contribution < 1.29 is 0 Å². The molecular formula is C8H14. The van der Waals surface area contributed by atoms with E-state index in [0.717, 1.165) is 11.8 Å². The van der Waals surface area contributed by atoms with Crippen molar-refractivity contribution in [3.63, 3.8) is 0 Å². The fourth-order valence-corrected chi connectivity index (χ4v) is 1.13. The van der Waals surface area contributed by atoms with Crippen molar-refractivity contribution in [1.29, 1.82) is 0 Å². The van der Waals surface area contributed by atoms with Gasteiger partial charge in [0.25, 0.3) is 0 Å². The number of rotatable bonds is 2. The fraction of sp³-hybridized carbons (Fsp3) is 0.750. The summed E-state index contributed by atoms with van der Waals surface area (Å²) in [6, 6.07) is 0. The highest BCUT2D eigenvalue weighted by Crippen LogP contribution is 2.41. The Morgan fingerprint density at radius 1 is 1.75 bits per heavy atom. The zero-order valence-corrected chi connectivity index (χ0v) is 5.78. The average molecular weight is 110 g/mol. The minimum absolute atomic E-state index is 0.992. The normalized spacial score (nSPS) is 34.8. The van der Waals surface area contributed by atoms with Gasteiger partial charge in [0.15, 0.2) is 0 Å². The van der Waals surface area contributed by atoms with Crippen LogP contribution in [0.4, 0.5) is 0 Å². The topological polar surface area (TPSA) is 0 Å². The molecule has 1 rings (SSSR count). The van der Waals surface area contributed by atoms with Gasteiger partial charge in [0.1, 0.15) is 0 Å². The average Bonchev–Trinajstić information content (AvgIpc) is 2.17. The second kappa shape index (κ2) is 1.93. The summed E-state index contributed by atoms with van der Waals surface area (Å²) in [5.41, 5.74) is 1.35. The van der Waals surface area contributed by atoms with Gasteiger partial charge in [-0.2, -0.15) is 0 Å². The van der Waals surface area contributed by atoms with Crippen LogP contribution >= 0.6 is 0 Å². The van der Waals surface area contributed by atoms with Gasteiger partial charge in [-0.1, -0.05) is 12.5 Å². The molecule has 1 saturated carbocycles. The van der Waals surface area contributed by atoms with Crippen LogP contribution in [0.15, 0.2) is 12.2 Å². The van der Waals surface area contributed by atoms with Crippen LogP contribution in [0.5, 0.6) is 0 Å². The Balaban J connectivity index is 2.14. The van der Waals surface area contributed by atoms with Crippen LogP contribution in [0.2, 0.25) is 0 Å². The van der Waals surface area contributed by atoms with Crippen LogP contribution in [0.1, 0.15) is 26.7 Å². The third kappa shape index (κ3) is 1.36. The van der Waals surface area contributed by atoms with Crippen molar-refractivity contribution in [3.05, 3.63) is 12.2 Å². The lowest BCUT2D eigenvalue weighted by atomic mass is 10.1. The molecule has 0 aromatic carbocycles. The van der Waals surface area contributed by atoms with E-state index in [-0.39, 0.29) is 0 Å². The number of hydrogen-bond acceptors (Lipinski definition) is 0. The first-order valence-corrected chi connectivity index (χ1v) is 3.34. The summed E-state index contributed by atoms with van der Waals surface area (Å²) in [6.07, 6.45) is 2.70. The predicted octanol–water partition coefficient (Wildman–Crippen LogP) is 2.61. The van der Waals surface area contributed by atoms with Gasteiger partial charge >= 0.3 is 0 Å². The lowest BCUT2D eigenvalue weighted by molar-refractivity contribution is 0.742. The summed E-state index contributed by atoms with van der Waals surface area (Å²) < 4.78 is 0. The van der Waals surface area contributed by atoms with E-state index >= 15 is 0 Å². The molecule has 0 spiro atoms. The van der Waals surface area contributed by atoms with Gasteiger partial charge in [-0.15, -0.1) is 6.58 Å². The van der Waals surface area contributed by atoms with E-state index in [9.17, 15) is 0 Å². The fourth-order valence-electron chi connectivity index (χ4n) is 1.13. The molecule has 2 atom stereocenters. The molecule has 0 nitrogen and oxygen atoms in total. The molecule has 46 valence electrons. The highest BCUT2D eigenvalue weighted by atomic mass is 14.4. The lowest BCUT2D eigenvalue weighted by Crippen LogP contribution is -1.78. The number of allylic oxidation sites excluding steroid dienone is 1. The van der Waals surface area contributed by atoms with E-state index in [1.807, 2.05) is 0 Å². The molecule has 0 aromatic heterocycles. The molecule has 0 bridgehead atoms. The summed E-state index contributed by atoms with van der Waals surface area (Å²) in [5, 5.41) is 0. The molecule has 8 heavy (non-hydrogen) atoms. The highest BCUT2D eigenvalue weighted by Gasteiger charge is 2.31. The Kier molecular flexibility index (Phi) is 1.41. The van der Waals surface area contributed by atoms with Gasteiger partial charge in [0.05, 0.1) is 0 Å². The molecule has 1 aliphatic carbocycles. The first kappa shape index (κ1) is 5.87. The molecule has 0 amide bonds. The molecule has 0 N–H and O–H groups in total. The number of hydrogen-bond donors (Lipinski definition) is 0. The van der Waals surface area contributed by atoms with E-state index in [2.05, 4.69) is 20.4 Å². The zero-order valence-electron chi connectivity index (χ0n) is 5.78. The predicted molar refractivity (Wildman–Crippen MR) is 36.7 cm³/mol. The van der Waals surface area contributed by atoms with Gasteiger partial charge in [0.2, 0.25) is 0 Å². The van der Waals surface area contributed by atoms with Gasteiger partial charge < -0.3 is 0 Å². The van der Waals surface area contributed by atoms with Crippen LogP contribution in [-0.4, -0.2) is 0 Å². The van der Waals surface area contributed by atoms with Crippen molar-refractivity contribution in [3.8, 4) is 0 Å². The van der Waals surface area contributed by atoms with Crippen LogP contribution < -0.4 is 0 Å². The molecule has 0 aliphatic heterocycles. The smallest absolute Gasteiger partial charge is 0.0295 e. The molecule has 1 fully saturated rings.